The molecular formula is C18H35N3O6S. The molecule has 2 fully saturated rings. The highest BCUT2D eigenvalue weighted by Crippen LogP contribution is 2.22. The van der Waals surface area contributed by atoms with E-state index in [1.807, 2.05) is 4.72 Å². The maximum Gasteiger partial charge on any atom is 0.422 e. The summed E-state index contributed by atoms with van der Waals surface area (Å²) in [6.45, 7) is 9.41. The molecule has 0 radical (unpaired) electrons. The van der Waals surface area contributed by atoms with Gasteiger partial charge in [-0.15, -0.1) is 0 Å². The molecule has 2 aliphatic rings. The van der Waals surface area contributed by atoms with Crippen LogP contribution in [0.2, 0.25) is 0 Å². The monoisotopic (exact) mass is 421 g/mol. The summed E-state index contributed by atoms with van der Waals surface area (Å²) >= 11 is 0. The van der Waals surface area contributed by atoms with Gasteiger partial charge in [0.2, 0.25) is 0 Å². The molecule has 1 N–H and O–H groups in total. The van der Waals surface area contributed by atoms with Crippen LogP contribution in [-0.4, -0.2) is 88.0 Å². The minimum Gasteiger partial charge on any atom is -0.443 e. The van der Waals surface area contributed by atoms with Crippen LogP contribution in [-0.2, 0) is 24.4 Å². The molecule has 0 aromatic carbocycles. The van der Waals surface area contributed by atoms with Gasteiger partial charge in [0.15, 0.2) is 0 Å². The van der Waals surface area contributed by atoms with Crippen molar-refractivity contribution in [1.29, 1.82) is 0 Å². The molecule has 0 atom stereocenters. The molecule has 2 aliphatic heterocycles. The molecule has 9 nitrogen and oxygen atoms in total. The number of carbonyl (C=O) groups is 1. The number of hydrogen-bond acceptors (Lipinski definition) is 7. The van der Waals surface area contributed by atoms with Crippen LogP contribution >= 0.6 is 0 Å². The van der Waals surface area contributed by atoms with Crippen LogP contribution in [0.15, 0.2) is 0 Å². The molecule has 164 valence electrons. The molecule has 1 amide bonds. The Morgan fingerprint density at radius 1 is 1.04 bits per heavy atom. The Bertz CT molecular complexity index is 591. The summed E-state index contributed by atoms with van der Waals surface area (Å²) in [5, 5.41) is 0. The topological polar surface area (TPSA) is 97.4 Å². The SMILES string of the molecule is COCCN1CCC(OC2CCN(S(=O)(=O)NC(=O)OC(C)(C)C)CC2)CC1. The quantitative estimate of drug-likeness (QED) is 0.663. The van der Waals surface area contributed by atoms with Crippen molar-refractivity contribution in [1.82, 2.24) is 13.9 Å². The molecule has 2 rings (SSSR count). The first-order valence-electron chi connectivity index (χ1n) is 9.96. The molecule has 28 heavy (non-hydrogen) atoms. The summed E-state index contributed by atoms with van der Waals surface area (Å²) in [4.78, 5) is 14.1. The van der Waals surface area contributed by atoms with Gasteiger partial charge in [0.25, 0.3) is 0 Å². The van der Waals surface area contributed by atoms with Gasteiger partial charge in [-0.1, -0.05) is 0 Å². The Morgan fingerprint density at radius 2 is 1.57 bits per heavy atom. The number of rotatable bonds is 7. The van der Waals surface area contributed by atoms with E-state index in [0.717, 1.165) is 39.1 Å². The third-order valence-electron chi connectivity index (χ3n) is 4.88. The molecule has 0 aliphatic carbocycles. The zero-order chi connectivity index (χ0) is 20.8. The van der Waals surface area contributed by atoms with Gasteiger partial charge in [-0.25, -0.2) is 9.52 Å². The van der Waals surface area contributed by atoms with Crippen molar-refractivity contribution in [2.75, 3.05) is 46.4 Å². The van der Waals surface area contributed by atoms with E-state index >= 15 is 0 Å². The number of carbonyl (C=O) groups excluding carboxylic acids is 1. The Balaban J connectivity index is 1.71. The lowest BCUT2D eigenvalue weighted by Gasteiger charge is -2.36. The highest BCUT2D eigenvalue weighted by Gasteiger charge is 2.32. The first-order chi connectivity index (χ1) is 13.1. The third kappa shape index (κ3) is 7.82. The van der Waals surface area contributed by atoms with Gasteiger partial charge in [-0.2, -0.15) is 12.7 Å². The molecule has 0 saturated carbocycles. The van der Waals surface area contributed by atoms with Crippen LogP contribution in [0.4, 0.5) is 4.79 Å². The average Bonchev–Trinajstić information content (AvgIpc) is 2.59. The third-order valence-corrected chi connectivity index (χ3v) is 6.35. The van der Waals surface area contributed by atoms with Crippen molar-refractivity contribution in [2.24, 2.45) is 0 Å². The van der Waals surface area contributed by atoms with E-state index in [4.69, 9.17) is 14.2 Å². The molecule has 10 heteroatoms. The Morgan fingerprint density at radius 3 is 2.07 bits per heavy atom. The van der Waals surface area contributed by atoms with Crippen molar-refractivity contribution in [2.45, 2.75) is 64.3 Å². The number of piperidine rings is 2. The van der Waals surface area contributed by atoms with Crippen LogP contribution < -0.4 is 4.72 Å². The van der Waals surface area contributed by atoms with Crippen molar-refractivity contribution >= 4 is 16.3 Å². The molecule has 2 saturated heterocycles. The van der Waals surface area contributed by atoms with E-state index in [2.05, 4.69) is 4.90 Å². The summed E-state index contributed by atoms with van der Waals surface area (Å²) < 4.78 is 44.3. The number of hydrogen-bond donors (Lipinski definition) is 1. The highest BCUT2D eigenvalue weighted by molar-refractivity contribution is 7.87. The van der Waals surface area contributed by atoms with E-state index < -0.39 is 21.9 Å². The zero-order valence-corrected chi connectivity index (χ0v) is 18.3. The fourth-order valence-electron chi connectivity index (χ4n) is 3.44. The van der Waals surface area contributed by atoms with Gasteiger partial charge < -0.3 is 19.1 Å². The van der Waals surface area contributed by atoms with Crippen molar-refractivity contribution in [3.8, 4) is 0 Å². The second-order valence-electron chi connectivity index (χ2n) is 8.38. The van der Waals surface area contributed by atoms with Gasteiger partial charge in [-0.3, -0.25) is 0 Å². The maximum absolute atomic E-state index is 12.4. The minimum atomic E-state index is -3.89. The van der Waals surface area contributed by atoms with E-state index in [1.165, 1.54) is 4.31 Å². The molecule has 0 spiro atoms. The van der Waals surface area contributed by atoms with Gasteiger partial charge in [0.05, 0.1) is 18.8 Å². The number of nitrogens with zero attached hydrogens (tertiary/aromatic N) is 2. The number of methoxy groups -OCH3 is 1. The molecule has 0 unspecified atom stereocenters. The van der Waals surface area contributed by atoms with Crippen molar-refractivity contribution in [3.63, 3.8) is 0 Å². The lowest BCUT2D eigenvalue weighted by molar-refractivity contribution is -0.0601. The summed E-state index contributed by atoms with van der Waals surface area (Å²) in [6, 6.07) is 0. The van der Waals surface area contributed by atoms with Crippen LogP contribution in [0, 0.1) is 0 Å². The number of amides is 1. The van der Waals surface area contributed by atoms with Crippen LogP contribution in [0.25, 0.3) is 0 Å². The Kier molecular flexibility index (Phi) is 8.50. The largest absolute Gasteiger partial charge is 0.443 e. The number of ether oxygens (including phenoxy) is 3. The van der Waals surface area contributed by atoms with Crippen LogP contribution in [0.1, 0.15) is 46.5 Å². The Hall–Kier alpha value is -0.940. The van der Waals surface area contributed by atoms with Gasteiger partial charge in [0, 0.05) is 39.8 Å². The predicted molar refractivity (Wildman–Crippen MR) is 105 cm³/mol. The first kappa shape index (κ1) is 23.3. The summed E-state index contributed by atoms with van der Waals surface area (Å²) in [7, 11) is -2.18. The second kappa shape index (κ2) is 10.2. The van der Waals surface area contributed by atoms with E-state index in [0.29, 0.717) is 25.9 Å². The number of nitrogens with one attached hydrogen (secondary N) is 1. The van der Waals surface area contributed by atoms with E-state index in [-0.39, 0.29) is 12.2 Å². The normalized spacial score (nSPS) is 21.6. The molecule has 2 heterocycles. The Labute approximate surface area is 168 Å². The van der Waals surface area contributed by atoms with Gasteiger partial charge in [0.1, 0.15) is 5.60 Å². The van der Waals surface area contributed by atoms with E-state index in [9.17, 15) is 13.2 Å². The smallest absolute Gasteiger partial charge is 0.422 e. The molecule has 0 aromatic heterocycles. The average molecular weight is 422 g/mol. The van der Waals surface area contributed by atoms with Crippen LogP contribution in [0.3, 0.4) is 0 Å². The summed E-state index contributed by atoms with van der Waals surface area (Å²) in [5.41, 5.74) is -0.750. The molecular weight excluding hydrogens is 386 g/mol. The lowest BCUT2D eigenvalue weighted by atomic mass is 10.1. The van der Waals surface area contributed by atoms with Gasteiger partial charge >= 0.3 is 16.3 Å². The van der Waals surface area contributed by atoms with Crippen molar-refractivity contribution in [3.05, 3.63) is 0 Å². The highest BCUT2D eigenvalue weighted by atomic mass is 32.2. The standard InChI is InChI=1S/C18H35N3O6S/c1-18(2,3)27-17(22)19-28(23,24)21-11-7-16(8-12-21)26-15-5-9-20(10-6-15)13-14-25-4/h15-16H,5-14H2,1-4H3,(H,19,22). The fraction of sp³-hybridized carbons (Fsp3) is 0.944. The van der Waals surface area contributed by atoms with Crippen LogP contribution in [0.5, 0.6) is 0 Å². The van der Waals surface area contributed by atoms with Crippen molar-refractivity contribution < 1.29 is 27.4 Å². The zero-order valence-electron chi connectivity index (χ0n) is 17.5. The fourth-order valence-corrected chi connectivity index (χ4v) is 4.51. The first-order valence-corrected chi connectivity index (χ1v) is 11.4. The minimum absolute atomic E-state index is 0.0588. The van der Waals surface area contributed by atoms with Gasteiger partial charge in [-0.05, 0) is 46.5 Å². The summed E-state index contributed by atoms with van der Waals surface area (Å²) in [5.74, 6) is 0. The predicted octanol–water partition coefficient (Wildman–Crippen LogP) is 1.35. The molecule has 0 bridgehead atoms. The second-order valence-corrected chi connectivity index (χ2v) is 10.0. The summed E-state index contributed by atoms with van der Waals surface area (Å²) in [6.07, 6.45) is 2.56. The lowest BCUT2D eigenvalue weighted by Crippen LogP contribution is -2.49. The maximum atomic E-state index is 12.4. The number of likely N-dealkylation sites (tertiary alicyclic amines) is 1. The van der Waals surface area contributed by atoms with E-state index in [1.54, 1.807) is 27.9 Å². The molecule has 0 aromatic rings.